The Morgan fingerprint density at radius 2 is 1.64 bits per heavy atom. The average Bonchev–Trinajstić information content (AvgIpc) is 3.01. The maximum atomic E-state index is 13.4. The zero-order valence-electron chi connectivity index (χ0n) is 22.7. The molecule has 3 aromatic carbocycles. The Balaban J connectivity index is 1.46. The first-order valence-electron chi connectivity index (χ1n) is 12.6. The summed E-state index contributed by atoms with van der Waals surface area (Å²) in [5.41, 5.74) is 1.43. The van der Waals surface area contributed by atoms with Gasteiger partial charge in [0, 0.05) is 27.9 Å². The SMILES string of the molecule is COc1cccc(/C=C(\NC(=O)c2ccccc2)C(=O)Nc2ccc(SCC(=O)Nc3ccc(Cl)cn3)cc2)c1OC. The molecule has 0 fully saturated rings. The van der Waals surface area contributed by atoms with Crippen LogP contribution in [0.5, 0.6) is 11.5 Å². The summed E-state index contributed by atoms with van der Waals surface area (Å²) >= 11 is 7.15. The second-order valence-corrected chi connectivity index (χ2v) is 10.1. The fourth-order valence-electron chi connectivity index (χ4n) is 3.73. The number of nitrogens with zero attached hydrogens (tertiary/aromatic N) is 1. The number of anilines is 2. The third-order valence-electron chi connectivity index (χ3n) is 5.74. The molecule has 3 N–H and O–H groups in total. The van der Waals surface area contributed by atoms with Gasteiger partial charge in [0.25, 0.3) is 11.8 Å². The molecule has 4 aromatic rings. The molecule has 0 unspecified atom stereocenters. The monoisotopic (exact) mass is 602 g/mol. The van der Waals surface area contributed by atoms with Crippen LogP contribution in [-0.2, 0) is 9.59 Å². The molecule has 0 spiro atoms. The van der Waals surface area contributed by atoms with Crippen molar-refractivity contribution in [2.75, 3.05) is 30.6 Å². The quantitative estimate of drug-likeness (QED) is 0.145. The third kappa shape index (κ3) is 8.35. The lowest BCUT2D eigenvalue weighted by Crippen LogP contribution is -2.30. The number of para-hydroxylation sites is 1. The number of thioether (sulfide) groups is 1. The van der Waals surface area contributed by atoms with Crippen molar-refractivity contribution in [3.05, 3.63) is 113 Å². The zero-order valence-corrected chi connectivity index (χ0v) is 24.3. The van der Waals surface area contributed by atoms with Crippen molar-refractivity contribution >= 4 is 58.7 Å². The van der Waals surface area contributed by atoms with Gasteiger partial charge in [0.05, 0.1) is 25.0 Å². The molecule has 4 rings (SSSR count). The molecular weight excluding hydrogens is 576 g/mol. The van der Waals surface area contributed by atoms with Gasteiger partial charge in [-0.3, -0.25) is 14.4 Å². The second-order valence-electron chi connectivity index (χ2n) is 8.64. The Morgan fingerprint density at radius 3 is 2.31 bits per heavy atom. The third-order valence-corrected chi connectivity index (χ3v) is 6.97. The number of rotatable bonds is 11. The predicted molar refractivity (Wildman–Crippen MR) is 165 cm³/mol. The van der Waals surface area contributed by atoms with E-state index in [4.69, 9.17) is 21.1 Å². The van der Waals surface area contributed by atoms with Gasteiger partial charge in [-0.2, -0.15) is 0 Å². The molecule has 1 aromatic heterocycles. The van der Waals surface area contributed by atoms with Crippen molar-refractivity contribution in [3.8, 4) is 11.5 Å². The van der Waals surface area contributed by atoms with Crippen LogP contribution in [0.2, 0.25) is 5.02 Å². The highest BCUT2D eigenvalue weighted by Crippen LogP contribution is 2.32. The van der Waals surface area contributed by atoms with E-state index in [-0.39, 0.29) is 17.4 Å². The number of carbonyl (C=O) groups excluding carboxylic acids is 3. The van der Waals surface area contributed by atoms with Crippen LogP contribution >= 0.6 is 23.4 Å². The summed E-state index contributed by atoms with van der Waals surface area (Å²) in [7, 11) is 3.01. The van der Waals surface area contributed by atoms with E-state index >= 15 is 0 Å². The Kier molecular flexibility index (Phi) is 10.6. The van der Waals surface area contributed by atoms with Crippen molar-refractivity contribution in [1.29, 1.82) is 0 Å². The highest BCUT2D eigenvalue weighted by molar-refractivity contribution is 8.00. The van der Waals surface area contributed by atoms with E-state index in [2.05, 4.69) is 20.9 Å². The van der Waals surface area contributed by atoms with Crippen molar-refractivity contribution in [2.24, 2.45) is 0 Å². The van der Waals surface area contributed by atoms with Gasteiger partial charge >= 0.3 is 0 Å². The number of hydrogen-bond acceptors (Lipinski definition) is 7. The summed E-state index contributed by atoms with van der Waals surface area (Å²) in [6, 6.07) is 24.1. The largest absolute Gasteiger partial charge is 0.493 e. The highest BCUT2D eigenvalue weighted by atomic mass is 35.5. The minimum absolute atomic E-state index is 0.00124. The van der Waals surface area contributed by atoms with Gasteiger partial charge in [0.1, 0.15) is 11.5 Å². The topological polar surface area (TPSA) is 119 Å². The van der Waals surface area contributed by atoms with E-state index in [1.807, 2.05) is 0 Å². The van der Waals surface area contributed by atoms with E-state index in [0.717, 1.165) is 4.90 Å². The first-order valence-corrected chi connectivity index (χ1v) is 14.0. The maximum absolute atomic E-state index is 13.4. The van der Waals surface area contributed by atoms with Gasteiger partial charge in [-0.15, -0.1) is 11.8 Å². The van der Waals surface area contributed by atoms with Crippen molar-refractivity contribution < 1.29 is 23.9 Å². The molecule has 0 aliphatic carbocycles. The fraction of sp³-hybridized carbons (Fsp3) is 0.0968. The molecule has 0 saturated heterocycles. The highest BCUT2D eigenvalue weighted by Gasteiger charge is 2.17. The Bertz CT molecular complexity index is 1580. The number of halogens is 1. The first kappa shape index (κ1) is 30.2. The molecular formula is C31H27ClN4O5S. The van der Waals surface area contributed by atoms with E-state index in [1.165, 1.54) is 38.3 Å². The lowest BCUT2D eigenvalue weighted by Gasteiger charge is -2.14. The van der Waals surface area contributed by atoms with Gasteiger partial charge in [0.15, 0.2) is 11.5 Å². The fourth-order valence-corrected chi connectivity index (χ4v) is 4.54. The van der Waals surface area contributed by atoms with Crippen LogP contribution < -0.4 is 25.4 Å². The predicted octanol–water partition coefficient (Wildman–Crippen LogP) is 5.89. The Labute approximate surface area is 252 Å². The van der Waals surface area contributed by atoms with Crippen molar-refractivity contribution in [1.82, 2.24) is 10.3 Å². The summed E-state index contributed by atoms with van der Waals surface area (Å²) in [5.74, 6) is 0.263. The molecule has 0 aliphatic heterocycles. The summed E-state index contributed by atoms with van der Waals surface area (Å²) in [6.07, 6.45) is 2.98. The Morgan fingerprint density at radius 1 is 0.881 bits per heavy atom. The minimum Gasteiger partial charge on any atom is -0.493 e. The van der Waals surface area contributed by atoms with Crippen molar-refractivity contribution in [3.63, 3.8) is 0 Å². The van der Waals surface area contributed by atoms with Gasteiger partial charge in [0.2, 0.25) is 5.91 Å². The molecule has 3 amide bonds. The molecule has 214 valence electrons. The number of benzene rings is 3. The normalized spacial score (nSPS) is 10.9. The van der Waals surface area contributed by atoms with Gasteiger partial charge in [-0.1, -0.05) is 41.9 Å². The molecule has 0 aliphatic rings. The summed E-state index contributed by atoms with van der Waals surface area (Å²) in [5, 5.41) is 8.71. The standard InChI is InChI=1S/C31H27ClN4O5S/c1-40-26-10-6-9-21(29(26)41-2)17-25(35-30(38)20-7-4-3-5-8-20)31(39)34-23-12-14-24(15-13-23)42-19-28(37)36-27-16-11-22(32)18-33-27/h3-18H,19H2,1-2H3,(H,34,39)(H,35,38)(H,33,36,37)/b25-17-. The number of ether oxygens (including phenoxy) is 2. The number of aromatic nitrogens is 1. The number of hydrogen-bond donors (Lipinski definition) is 3. The van der Waals surface area contributed by atoms with Crippen molar-refractivity contribution in [2.45, 2.75) is 4.90 Å². The van der Waals surface area contributed by atoms with Crippen LogP contribution in [0, 0.1) is 0 Å². The van der Waals surface area contributed by atoms with Crippen LogP contribution in [0.3, 0.4) is 0 Å². The molecule has 1 heterocycles. The van der Waals surface area contributed by atoms with E-state index in [1.54, 1.807) is 84.9 Å². The average molecular weight is 603 g/mol. The molecule has 11 heteroatoms. The van der Waals surface area contributed by atoms with Gasteiger partial charge in [-0.05, 0) is 60.7 Å². The molecule has 9 nitrogen and oxygen atoms in total. The number of methoxy groups -OCH3 is 2. The minimum atomic E-state index is -0.542. The number of carbonyl (C=O) groups is 3. The number of nitrogens with one attached hydrogen (secondary N) is 3. The number of pyridine rings is 1. The van der Waals surface area contributed by atoms with Crippen LogP contribution in [0.4, 0.5) is 11.5 Å². The van der Waals surface area contributed by atoms with E-state index < -0.39 is 11.8 Å². The lowest BCUT2D eigenvalue weighted by molar-refractivity contribution is -0.114. The molecule has 42 heavy (non-hydrogen) atoms. The Hall–Kier alpha value is -4.80. The molecule has 0 bridgehead atoms. The van der Waals surface area contributed by atoms with Crippen LogP contribution in [0.25, 0.3) is 6.08 Å². The summed E-state index contributed by atoms with van der Waals surface area (Å²) < 4.78 is 10.9. The maximum Gasteiger partial charge on any atom is 0.272 e. The summed E-state index contributed by atoms with van der Waals surface area (Å²) in [4.78, 5) is 43.5. The smallest absolute Gasteiger partial charge is 0.272 e. The van der Waals surface area contributed by atoms with Gasteiger partial charge in [-0.25, -0.2) is 4.98 Å². The van der Waals surface area contributed by atoms with Crippen LogP contribution in [0.1, 0.15) is 15.9 Å². The molecule has 0 atom stereocenters. The second kappa shape index (κ2) is 14.7. The lowest BCUT2D eigenvalue weighted by atomic mass is 10.1. The van der Waals surface area contributed by atoms with Crippen LogP contribution in [-0.4, -0.2) is 42.7 Å². The summed E-state index contributed by atoms with van der Waals surface area (Å²) in [6.45, 7) is 0. The first-order chi connectivity index (χ1) is 20.4. The molecule has 0 saturated carbocycles. The van der Waals surface area contributed by atoms with E-state index in [0.29, 0.717) is 39.2 Å². The molecule has 0 radical (unpaired) electrons. The zero-order chi connectivity index (χ0) is 29.9. The van der Waals surface area contributed by atoms with Gasteiger partial charge < -0.3 is 25.4 Å². The van der Waals surface area contributed by atoms with Crippen LogP contribution in [0.15, 0.2) is 102 Å². The van der Waals surface area contributed by atoms with E-state index in [9.17, 15) is 14.4 Å². The number of amides is 3.